The van der Waals surface area contributed by atoms with Gasteiger partial charge in [0.2, 0.25) is 0 Å². The second-order valence-electron chi connectivity index (χ2n) is 5.80. The normalized spacial score (nSPS) is 10.9. The van der Waals surface area contributed by atoms with E-state index < -0.39 is 4.92 Å². The van der Waals surface area contributed by atoms with Crippen molar-refractivity contribution in [1.82, 2.24) is 14.9 Å². The topological polar surface area (TPSA) is 109 Å². The van der Waals surface area contributed by atoms with Crippen LogP contribution in [0.2, 0.25) is 5.02 Å². The first-order chi connectivity index (χ1) is 12.9. The van der Waals surface area contributed by atoms with Crippen LogP contribution in [0.4, 0.5) is 5.00 Å². The zero-order valence-corrected chi connectivity index (χ0v) is 15.8. The second kappa shape index (κ2) is 7.85. The van der Waals surface area contributed by atoms with Crippen LogP contribution in [0.1, 0.15) is 28.8 Å². The van der Waals surface area contributed by atoms with Crippen LogP contribution in [0.5, 0.6) is 0 Å². The number of nitrogens with zero attached hydrogens (tertiary/aromatic N) is 3. The number of carbonyl (C=O) groups is 1. The number of carbonyl (C=O) groups excluding carboxylic acids is 1. The Balaban J connectivity index is 1.91. The minimum Gasteiger partial charge on any atom is -0.330 e. The van der Waals surface area contributed by atoms with Gasteiger partial charge in [-0.15, -0.1) is 0 Å². The van der Waals surface area contributed by atoms with E-state index in [1.165, 1.54) is 17.0 Å². The van der Waals surface area contributed by atoms with E-state index in [2.05, 4.69) is 9.97 Å². The Hall–Kier alpha value is -2.78. The molecular weight excluding hydrogens is 392 g/mol. The SMILES string of the molecule is CCCN(Cc1nc2cc(Cl)ccc2c(=O)[nH]1)C(=O)c1ccc([N+](=O)[O-])s1. The fourth-order valence-corrected chi connectivity index (χ4v) is 3.59. The van der Waals surface area contributed by atoms with Crippen LogP contribution < -0.4 is 5.56 Å². The molecule has 1 aromatic carbocycles. The molecule has 10 heteroatoms. The van der Waals surface area contributed by atoms with Crippen LogP contribution in [0.15, 0.2) is 35.1 Å². The van der Waals surface area contributed by atoms with E-state index in [1.807, 2.05) is 6.92 Å². The highest BCUT2D eigenvalue weighted by molar-refractivity contribution is 7.17. The van der Waals surface area contributed by atoms with Gasteiger partial charge in [-0.25, -0.2) is 4.98 Å². The first kappa shape index (κ1) is 19.0. The van der Waals surface area contributed by atoms with Gasteiger partial charge in [0.1, 0.15) is 5.82 Å². The highest BCUT2D eigenvalue weighted by atomic mass is 35.5. The van der Waals surface area contributed by atoms with Gasteiger partial charge >= 0.3 is 5.00 Å². The third-order valence-corrected chi connectivity index (χ3v) is 5.08. The summed E-state index contributed by atoms with van der Waals surface area (Å²) in [7, 11) is 0. The molecule has 0 radical (unpaired) electrons. The number of nitrogens with one attached hydrogen (secondary N) is 1. The Morgan fingerprint density at radius 1 is 1.37 bits per heavy atom. The van der Waals surface area contributed by atoms with Crippen molar-refractivity contribution < 1.29 is 9.72 Å². The van der Waals surface area contributed by atoms with Gasteiger partial charge in [0.15, 0.2) is 0 Å². The molecule has 3 aromatic rings. The second-order valence-corrected chi connectivity index (χ2v) is 7.29. The minimum atomic E-state index is -0.530. The standard InChI is InChI=1S/C17H15ClN4O4S/c1-2-7-21(17(24)13-5-6-15(27-13)22(25)26)9-14-19-12-8-10(18)3-4-11(12)16(23)20-14/h3-6,8H,2,7,9H2,1H3,(H,19,20,23). The van der Waals surface area contributed by atoms with Gasteiger partial charge in [0.05, 0.1) is 27.2 Å². The van der Waals surface area contributed by atoms with Crippen molar-refractivity contribution in [1.29, 1.82) is 0 Å². The number of aromatic amines is 1. The van der Waals surface area contributed by atoms with Crippen molar-refractivity contribution in [2.75, 3.05) is 6.54 Å². The van der Waals surface area contributed by atoms with E-state index in [1.54, 1.807) is 18.2 Å². The molecule has 3 rings (SSSR count). The van der Waals surface area contributed by atoms with E-state index in [-0.39, 0.29) is 27.9 Å². The van der Waals surface area contributed by atoms with Gasteiger partial charge in [-0.3, -0.25) is 19.7 Å². The number of fused-ring (bicyclic) bond motifs is 1. The third kappa shape index (κ3) is 4.15. The zero-order valence-electron chi connectivity index (χ0n) is 14.3. The summed E-state index contributed by atoms with van der Waals surface area (Å²) in [6.07, 6.45) is 0.683. The summed E-state index contributed by atoms with van der Waals surface area (Å²) in [6, 6.07) is 7.53. The molecule has 0 aliphatic heterocycles. The van der Waals surface area contributed by atoms with E-state index in [9.17, 15) is 19.7 Å². The molecule has 8 nitrogen and oxygen atoms in total. The van der Waals surface area contributed by atoms with Crippen LogP contribution >= 0.6 is 22.9 Å². The molecule has 0 saturated heterocycles. The van der Waals surface area contributed by atoms with Gasteiger partial charge < -0.3 is 9.88 Å². The fourth-order valence-electron chi connectivity index (χ4n) is 2.64. The van der Waals surface area contributed by atoms with Crippen LogP contribution in [-0.4, -0.2) is 32.2 Å². The molecule has 0 unspecified atom stereocenters. The number of aromatic nitrogens is 2. The van der Waals surface area contributed by atoms with Crippen molar-refractivity contribution in [3.8, 4) is 0 Å². The molecule has 0 atom stereocenters. The molecule has 0 aliphatic carbocycles. The highest BCUT2D eigenvalue weighted by Gasteiger charge is 2.21. The average Bonchev–Trinajstić information content (AvgIpc) is 3.10. The lowest BCUT2D eigenvalue weighted by Gasteiger charge is -2.20. The molecule has 0 fully saturated rings. The van der Waals surface area contributed by atoms with Crippen molar-refractivity contribution in [2.45, 2.75) is 19.9 Å². The Morgan fingerprint density at radius 2 is 2.15 bits per heavy atom. The summed E-state index contributed by atoms with van der Waals surface area (Å²) in [4.78, 5) is 44.2. The number of nitro groups is 1. The lowest BCUT2D eigenvalue weighted by atomic mass is 10.2. The first-order valence-corrected chi connectivity index (χ1v) is 9.30. The number of hydrogen-bond acceptors (Lipinski definition) is 6. The maximum Gasteiger partial charge on any atom is 0.324 e. The number of hydrogen-bond donors (Lipinski definition) is 1. The number of benzene rings is 1. The average molecular weight is 407 g/mol. The Bertz CT molecular complexity index is 1080. The van der Waals surface area contributed by atoms with Crippen LogP contribution in [0.25, 0.3) is 10.9 Å². The van der Waals surface area contributed by atoms with E-state index in [0.29, 0.717) is 34.7 Å². The van der Waals surface area contributed by atoms with Crippen molar-refractivity contribution in [2.24, 2.45) is 0 Å². The largest absolute Gasteiger partial charge is 0.330 e. The molecule has 1 N–H and O–H groups in total. The van der Waals surface area contributed by atoms with Gasteiger partial charge in [-0.2, -0.15) is 0 Å². The molecule has 1 amide bonds. The Kier molecular flexibility index (Phi) is 5.52. The molecule has 0 aliphatic rings. The summed E-state index contributed by atoms with van der Waals surface area (Å²) < 4.78 is 0. The van der Waals surface area contributed by atoms with Gasteiger partial charge in [0, 0.05) is 17.6 Å². The monoisotopic (exact) mass is 406 g/mol. The molecule has 0 spiro atoms. The Morgan fingerprint density at radius 3 is 2.81 bits per heavy atom. The van der Waals surface area contributed by atoms with E-state index >= 15 is 0 Å². The smallest absolute Gasteiger partial charge is 0.324 e. The predicted octanol–water partition coefficient (Wildman–Crippen LogP) is 3.60. The van der Waals surface area contributed by atoms with Gasteiger partial charge in [-0.05, 0) is 30.7 Å². The molecular formula is C17H15ClN4O4S. The Labute approximate surface area is 162 Å². The highest BCUT2D eigenvalue weighted by Crippen LogP contribution is 2.25. The molecule has 0 saturated carbocycles. The summed E-state index contributed by atoms with van der Waals surface area (Å²) in [6.45, 7) is 2.41. The number of H-pyrrole nitrogens is 1. The number of rotatable bonds is 6. The number of halogens is 1. The third-order valence-electron chi connectivity index (χ3n) is 3.82. The summed E-state index contributed by atoms with van der Waals surface area (Å²) in [5, 5.41) is 11.6. The van der Waals surface area contributed by atoms with Gasteiger partial charge in [0.25, 0.3) is 11.5 Å². The number of amides is 1. The predicted molar refractivity (Wildman–Crippen MR) is 103 cm³/mol. The first-order valence-electron chi connectivity index (χ1n) is 8.11. The molecule has 2 heterocycles. The van der Waals surface area contributed by atoms with E-state index in [0.717, 1.165) is 11.3 Å². The van der Waals surface area contributed by atoms with Crippen LogP contribution in [0, 0.1) is 10.1 Å². The van der Waals surface area contributed by atoms with Crippen LogP contribution in [0.3, 0.4) is 0 Å². The van der Waals surface area contributed by atoms with Crippen molar-refractivity contribution in [3.05, 3.63) is 66.5 Å². The van der Waals surface area contributed by atoms with Gasteiger partial charge in [-0.1, -0.05) is 29.9 Å². The molecule has 140 valence electrons. The lowest BCUT2D eigenvalue weighted by Crippen LogP contribution is -2.32. The lowest BCUT2D eigenvalue weighted by molar-refractivity contribution is -0.380. The van der Waals surface area contributed by atoms with Crippen molar-refractivity contribution >= 4 is 44.7 Å². The molecule has 27 heavy (non-hydrogen) atoms. The number of thiophene rings is 1. The maximum absolute atomic E-state index is 12.8. The summed E-state index contributed by atoms with van der Waals surface area (Å²) in [5.41, 5.74) is 0.124. The maximum atomic E-state index is 12.8. The fraction of sp³-hybridized carbons (Fsp3) is 0.235. The van der Waals surface area contributed by atoms with E-state index in [4.69, 9.17) is 11.6 Å². The summed E-state index contributed by atoms with van der Waals surface area (Å²) >= 11 is 6.79. The minimum absolute atomic E-state index is 0.0794. The quantitative estimate of drug-likeness (QED) is 0.496. The molecule has 2 aromatic heterocycles. The zero-order chi connectivity index (χ0) is 19.6. The van der Waals surface area contributed by atoms with Crippen molar-refractivity contribution in [3.63, 3.8) is 0 Å². The molecule has 0 bridgehead atoms. The summed E-state index contributed by atoms with van der Waals surface area (Å²) in [5.74, 6) is -0.0218. The van der Waals surface area contributed by atoms with Crippen LogP contribution in [-0.2, 0) is 6.54 Å².